The smallest absolute Gasteiger partial charge is 0.179 e. The van der Waals surface area contributed by atoms with Gasteiger partial charge in [-0.05, 0) is 30.7 Å². The van der Waals surface area contributed by atoms with Crippen molar-refractivity contribution < 1.29 is 18.7 Å². The van der Waals surface area contributed by atoms with Crippen molar-refractivity contribution in [1.82, 2.24) is 5.32 Å². The Morgan fingerprint density at radius 2 is 2.00 bits per heavy atom. The van der Waals surface area contributed by atoms with Crippen LogP contribution in [0.2, 0.25) is 0 Å². The first-order valence-electron chi connectivity index (χ1n) is 6.60. The molecule has 0 aliphatic heterocycles. The third-order valence-electron chi connectivity index (χ3n) is 3.02. The Kier molecular flexibility index (Phi) is 6.60. The minimum atomic E-state index is -3.40. The van der Waals surface area contributed by atoms with Crippen molar-refractivity contribution >= 4 is 15.7 Å². The van der Waals surface area contributed by atoms with Crippen LogP contribution in [0, 0.1) is 0 Å². The predicted molar refractivity (Wildman–Crippen MR) is 80.2 cm³/mol. The Hall–Kier alpha value is -1.64. The van der Waals surface area contributed by atoms with Crippen molar-refractivity contribution in [3.8, 4) is 0 Å². The number of benzene rings is 1. The predicted octanol–water partition coefficient (Wildman–Crippen LogP) is -0.0847. The van der Waals surface area contributed by atoms with Gasteiger partial charge < -0.3 is 21.4 Å². The Bertz CT molecular complexity index is 570. The third kappa shape index (κ3) is 5.33. The molecule has 0 radical (unpaired) electrons. The number of aliphatic hydroxyl groups excluding tert-OH is 1. The molecule has 0 saturated carbocycles. The molecular weight excluding hydrogens is 294 g/mol. The minimum absolute atomic E-state index is 0.0631. The highest BCUT2D eigenvalue weighted by Crippen LogP contribution is 2.12. The quantitative estimate of drug-likeness (QED) is 0.175. The summed E-state index contributed by atoms with van der Waals surface area (Å²) in [6.07, 6.45) is 0.155. The number of nitrogens with two attached hydrogens (primary N) is 1. The van der Waals surface area contributed by atoms with Crippen molar-refractivity contribution in [3.63, 3.8) is 0 Å². The van der Waals surface area contributed by atoms with Crippen LogP contribution in [0.25, 0.3) is 0 Å². The second kappa shape index (κ2) is 7.96. The first-order valence-corrected chi connectivity index (χ1v) is 8.25. The van der Waals surface area contributed by atoms with E-state index < -0.39 is 15.9 Å². The number of hydrogen-bond acceptors (Lipinski definition) is 6. The monoisotopic (exact) mass is 315 g/mol. The Morgan fingerprint density at radius 3 is 2.52 bits per heavy atom. The molecule has 21 heavy (non-hydrogen) atoms. The summed E-state index contributed by atoms with van der Waals surface area (Å²) in [5.74, 6) is -0.138. The van der Waals surface area contributed by atoms with Gasteiger partial charge in [-0.25, -0.2) is 8.42 Å². The maximum Gasteiger partial charge on any atom is 0.179 e. The van der Waals surface area contributed by atoms with Crippen LogP contribution in [0.3, 0.4) is 0 Å². The SMILES string of the molecule is CCC(O)CNCCS(=O)(=O)c1ccc(/C(N)=N/O)cc1. The summed E-state index contributed by atoms with van der Waals surface area (Å²) < 4.78 is 24.2. The van der Waals surface area contributed by atoms with E-state index in [0.717, 1.165) is 0 Å². The Morgan fingerprint density at radius 1 is 1.38 bits per heavy atom. The van der Waals surface area contributed by atoms with E-state index in [1.807, 2.05) is 6.92 Å². The molecule has 1 rings (SSSR count). The summed E-state index contributed by atoms with van der Waals surface area (Å²) in [5, 5.41) is 23.6. The Labute approximate surface area is 124 Å². The molecule has 0 aliphatic rings. The van der Waals surface area contributed by atoms with Gasteiger partial charge in [-0.15, -0.1) is 0 Å². The number of sulfone groups is 1. The van der Waals surface area contributed by atoms with Crippen molar-refractivity contribution in [2.45, 2.75) is 24.3 Å². The highest BCUT2D eigenvalue weighted by molar-refractivity contribution is 7.91. The molecule has 0 fully saturated rings. The van der Waals surface area contributed by atoms with Gasteiger partial charge in [-0.2, -0.15) is 0 Å². The first kappa shape index (κ1) is 17.4. The maximum absolute atomic E-state index is 12.1. The molecule has 0 aliphatic carbocycles. The normalized spacial score (nSPS) is 14.1. The van der Waals surface area contributed by atoms with E-state index in [9.17, 15) is 13.5 Å². The minimum Gasteiger partial charge on any atom is -0.409 e. The van der Waals surface area contributed by atoms with Crippen molar-refractivity contribution in [2.75, 3.05) is 18.8 Å². The summed E-state index contributed by atoms with van der Waals surface area (Å²) >= 11 is 0. The van der Waals surface area contributed by atoms with Gasteiger partial charge in [0.15, 0.2) is 15.7 Å². The number of hydrogen-bond donors (Lipinski definition) is 4. The fourth-order valence-corrected chi connectivity index (χ4v) is 2.83. The van der Waals surface area contributed by atoms with E-state index in [4.69, 9.17) is 10.9 Å². The van der Waals surface area contributed by atoms with Gasteiger partial charge in [-0.1, -0.05) is 12.1 Å². The van der Waals surface area contributed by atoms with Crippen molar-refractivity contribution in [3.05, 3.63) is 29.8 Å². The molecule has 8 heteroatoms. The van der Waals surface area contributed by atoms with E-state index in [2.05, 4.69) is 10.5 Å². The average Bonchev–Trinajstić information content (AvgIpc) is 2.50. The van der Waals surface area contributed by atoms with E-state index >= 15 is 0 Å². The summed E-state index contributed by atoms with van der Waals surface area (Å²) in [7, 11) is -3.40. The molecule has 1 unspecified atom stereocenters. The highest BCUT2D eigenvalue weighted by atomic mass is 32.2. The number of nitrogens with zero attached hydrogens (tertiary/aromatic N) is 1. The van der Waals surface area contributed by atoms with Gasteiger partial charge in [0.2, 0.25) is 0 Å². The molecule has 5 N–H and O–H groups in total. The zero-order valence-electron chi connectivity index (χ0n) is 11.9. The number of nitrogens with one attached hydrogen (secondary N) is 1. The van der Waals surface area contributed by atoms with Crippen LogP contribution in [-0.2, 0) is 9.84 Å². The van der Waals surface area contributed by atoms with Crippen LogP contribution in [0.5, 0.6) is 0 Å². The number of oxime groups is 1. The zero-order valence-corrected chi connectivity index (χ0v) is 12.7. The summed E-state index contributed by atoms with van der Waals surface area (Å²) in [4.78, 5) is 0.176. The molecule has 1 atom stereocenters. The first-order chi connectivity index (χ1) is 9.90. The molecule has 0 aromatic heterocycles. The van der Waals surface area contributed by atoms with Gasteiger partial charge in [0.05, 0.1) is 16.8 Å². The van der Waals surface area contributed by atoms with Crippen LogP contribution in [-0.4, -0.2) is 49.5 Å². The van der Waals surface area contributed by atoms with Crippen molar-refractivity contribution in [1.29, 1.82) is 0 Å². The lowest BCUT2D eigenvalue weighted by atomic mass is 10.2. The van der Waals surface area contributed by atoms with Crippen LogP contribution in [0.4, 0.5) is 0 Å². The van der Waals surface area contributed by atoms with Crippen LogP contribution in [0.15, 0.2) is 34.3 Å². The molecule has 1 aromatic rings. The second-order valence-corrected chi connectivity index (χ2v) is 6.70. The van der Waals surface area contributed by atoms with Gasteiger partial charge >= 0.3 is 0 Å². The third-order valence-corrected chi connectivity index (χ3v) is 4.75. The molecule has 0 heterocycles. The van der Waals surface area contributed by atoms with Crippen LogP contribution < -0.4 is 11.1 Å². The van der Waals surface area contributed by atoms with E-state index in [1.54, 1.807) is 0 Å². The average molecular weight is 315 g/mol. The summed E-state index contributed by atoms with van der Waals surface area (Å²) in [5.41, 5.74) is 5.86. The molecular formula is C13H21N3O4S. The Balaban J connectivity index is 2.62. The lowest BCUT2D eigenvalue weighted by Gasteiger charge is -2.10. The largest absolute Gasteiger partial charge is 0.409 e. The van der Waals surface area contributed by atoms with Gasteiger partial charge in [0, 0.05) is 18.7 Å². The fraction of sp³-hybridized carbons (Fsp3) is 0.462. The van der Waals surface area contributed by atoms with Gasteiger partial charge in [0.1, 0.15) is 0 Å². The summed E-state index contributed by atoms with van der Waals surface area (Å²) in [6.45, 7) is 2.49. The maximum atomic E-state index is 12.1. The van der Waals surface area contributed by atoms with E-state index in [0.29, 0.717) is 18.5 Å². The fourth-order valence-electron chi connectivity index (χ4n) is 1.63. The van der Waals surface area contributed by atoms with Crippen molar-refractivity contribution in [2.24, 2.45) is 10.9 Å². The van der Waals surface area contributed by atoms with E-state index in [-0.39, 0.29) is 23.0 Å². The number of aliphatic hydroxyl groups is 1. The molecule has 118 valence electrons. The number of amidine groups is 1. The molecule has 1 aromatic carbocycles. The molecule has 7 nitrogen and oxygen atoms in total. The standard InChI is InChI=1S/C13H21N3O4S/c1-2-11(17)9-15-7-8-21(19,20)12-5-3-10(4-6-12)13(14)16-18/h3-6,11,15,17-18H,2,7-9H2,1H3,(H2,14,16). The number of rotatable bonds is 8. The molecule has 0 spiro atoms. The zero-order chi connectivity index (χ0) is 15.9. The topological polar surface area (TPSA) is 125 Å². The van der Waals surface area contributed by atoms with Gasteiger partial charge in [-0.3, -0.25) is 0 Å². The molecule has 0 amide bonds. The van der Waals surface area contributed by atoms with Crippen LogP contribution >= 0.6 is 0 Å². The molecule has 0 bridgehead atoms. The van der Waals surface area contributed by atoms with Gasteiger partial charge in [0.25, 0.3) is 0 Å². The summed E-state index contributed by atoms with van der Waals surface area (Å²) in [6, 6.07) is 5.81. The lowest BCUT2D eigenvalue weighted by molar-refractivity contribution is 0.168. The highest BCUT2D eigenvalue weighted by Gasteiger charge is 2.14. The lowest BCUT2D eigenvalue weighted by Crippen LogP contribution is -2.30. The second-order valence-electron chi connectivity index (χ2n) is 4.59. The van der Waals surface area contributed by atoms with Crippen LogP contribution in [0.1, 0.15) is 18.9 Å². The van der Waals surface area contributed by atoms with E-state index in [1.165, 1.54) is 24.3 Å². The molecule has 0 saturated heterocycles.